The van der Waals surface area contributed by atoms with Crippen molar-refractivity contribution in [2.75, 3.05) is 5.32 Å². The zero-order chi connectivity index (χ0) is 17.8. The second-order valence-corrected chi connectivity index (χ2v) is 5.78. The number of halogens is 2. The van der Waals surface area contributed by atoms with Crippen LogP contribution in [0.5, 0.6) is 0 Å². The zero-order valence-corrected chi connectivity index (χ0v) is 14.1. The van der Waals surface area contributed by atoms with Crippen LogP contribution >= 0.6 is 23.2 Å². The lowest BCUT2D eigenvalue weighted by atomic mass is 10.2. The Kier molecular flexibility index (Phi) is 5.02. The first-order valence-corrected chi connectivity index (χ1v) is 7.88. The van der Waals surface area contributed by atoms with Crippen LogP contribution in [0.3, 0.4) is 0 Å². The first kappa shape index (κ1) is 17.0. The van der Waals surface area contributed by atoms with E-state index in [9.17, 15) is 9.59 Å². The number of hydrogen-bond acceptors (Lipinski definition) is 4. The van der Waals surface area contributed by atoms with Gasteiger partial charge in [0.25, 0.3) is 0 Å². The number of carbonyl (C=O) groups is 1. The van der Waals surface area contributed by atoms with Gasteiger partial charge in [0.15, 0.2) is 5.82 Å². The van der Waals surface area contributed by atoms with Gasteiger partial charge in [0.1, 0.15) is 0 Å². The smallest absolute Gasteiger partial charge is 0.322 e. The van der Waals surface area contributed by atoms with Crippen LogP contribution < -0.4 is 11.1 Å². The van der Waals surface area contributed by atoms with Crippen LogP contribution in [-0.4, -0.2) is 16.0 Å². The number of anilines is 1. The average molecular weight is 376 g/mol. The van der Waals surface area contributed by atoms with Crippen molar-refractivity contribution in [2.45, 2.75) is 0 Å². The molecule has 0 saturated carbocycles. The maximum absolute atomic E-state index is 12.1. The monoisotopic (exact) mass is 375 g/mol. The highest BCUT2D eigenvalue weighted by Crippen LogP contribution is 2.26. The summed E-state index contributed by atoms with van der Waals surface area (Å²) in [6, 6.07) is 12.0. The van der Waals surface area contributed by atoms with Crippen LogP contribution in [0.2, 0.25) is 10.0 Å². The van der Waals surface area contributed by atoms with Crippen molar-refractivity contribution >= 4 is 40.9 Å². The normalized spacial score (nSPS) is 11.0. The molecule has 3 aromatic rings. The van der Waals surface area contributed by atoms with Crippen molar-refractivity contribution in [3.8, 4) is 11.4 Å². The molecule has 8 heteroatoms. The number of benzene rings is 2. The molecule has 2 N–H and O–H groups in total. The van der Waals surface area contributed by atoms with Gasteiger partial charge in [-0.25, -0.2) is 4.79 Å². The van der Waals surface area contributed by atoms with E-state index in [1.54, 1.807) is 48.5 Å². The molecule has 1 amide bonds. The summed E-state index contributed by atoms with van der Waals surface area (Å²) in [7, 11) is 0. The molecule has 3 rings (SSSR count). The second kappa shape index (κ2) is 7.38. The fraction of sp³-hybridized carbons (Fsp3) is 0. The van der Waals surface area contributed by atoms with Gasteiger partial charge in [-0.2, -0.15) is 0 Å². The molecule has 0 aliphatic rings. The summed E-state index contributed by atoms with van der Waals surface area (Å²) in [6.45, 7) is 0. The fourth-order valence-corrected chi connectivity index (χ4v) is 2.47. The highest BCUT2D eigenvalue weighted by molar-refractivity contribution is 6.42. The van der Waals surface area contributed by atoms with E-state index >= 15 is 0 Å². The summed E-state index contributed by atoms with van der Waals surface area (Å²) in [5.74, 6) is -0.713. The van der Waals surface area contributed by atoms with E-state index in [0.29, 0.717) is 26.9 Å². The van der Waals surface area contributed by atoms with E-state index in [0.717, 1.165) is 0 Å². The lowest BCUT2D eigenvalue weighted by molar-refractivity contribution is -0.111. The molecule has 0 spiro atoms. The summed E-state index contributed by atoms with van der Waals surface area (Å²) in [4.78, 5) is 25.5. The largest absolute Gasteiger partial charge is 0.439 e. The van der Waals surface area contributed by atoms with Gasteiger partial charge in [0.05, 0.1) is 10.0 Å². The van der Waals surface area contributed by atoms with E-state index in [2.05, 4.69) is 20.0 Å². The number of nitrogens with one attached hydrogen (secondary N) is 2. The van der Waals surface area contributed by atoms with E-state index < -0.39 is 5.76 Å². The molecule has 126 valence electrons. The Morgan fingerprint density at radius 3 is 2.76 bits per heavy atom. The van der Waals surface area contributed by atoms with Crippen LogP contribution in [0.4, 0.5) is 5.69 Å². The topological polar surface area (TPSA) is 88.0 Å². The Morgan fingerprint density at radius 1 is 1.20 bits per heavy atom. The van der Waals surface area contributed by atoms with Crippen LogP contribution in [0.1, 0.15) is 5.56 Å². The number of rotatable bonds is 4. The van der Waals surface area contributed by atoms with Crippen LogP contribution in [0.15, 0.2) is 57.9 Å². The van der Waals surface area contributed by atoms with Crippen LogP contribution in [0.25, 0.3) is 17.5 Å². The summed E-state index contributed by atoms with van der Waals surface area (Å²) in [5.41, 5.74) is 1.77. The predicted octanol–water partition coefficient (Wildman–Crippen LogP) is 3.99. The molecule has 2 aromatic carbocycles. The third-order valence-corrected chi connectivity index (χ3v) is 4.07. The van der Waals surface area contributed by atoms with Gasteiger partial charge in [0, 0.05) is 17.3 Å². The van der Waals surface area contributed by atoms with Gasteiger partial charge in [-0.3, -0.25) is 14.3 Å². The maximum atomic E-state index is 12.1. The SMILES string of the molecule is O=C(/C=C/c1cccc(Cl)c1Cl)Nc1cccc(-c2noc(=O)[nH]2)c1. The Morgan fingerprint density at radius 2 is 2.00 bits per heavy atom. The highest BCUT2D eigenvalue weighted by Gasteiger charge is 2.06. The van der Waals surface area contributed by atoms with Gasteiger partial charge in [-0.05, 0) is 29.8 Å². The van der Waals surface area contributed by atoms with Gasteiger partial charge in [0.2, 0.25) is 5.91 Å². The molecule has 0 atom stereocenters. The van der Waals surface area contributed by atoms with Crippen molar-refractivity contribution in [3.05, 3.63) is 74.7 Å². The van der Waals surface area contributed by atoms with E-state index in [1.165, 1.54) is 6.08 Å². The summed E-state index contributed by atoms with van der Waals surface area (Å²) < 4.78 is 4.47. The van der Waals surface area contributed by atoms with E-state index in [1.807, 2.05) is 0 Å². The van der Waals surface area contributed by atoms with Gasteiger partial charge < -0.3 is 5.32 Å². The number of hydrogen-bond donors (Lipinski definition) is 2. The molecule has 0 saturated heterocycles. The molecular formula is C17H11Cl2N3O3. The van der Waals surface area contributed by atoms with Gasteiger partial charge in [-0.15, -0.1) is 0 Å². The molecule has 0 bridgehead atoms. The summed E-state index contributed by atoms with van der Waals surface area (Å²) >= 11 is 12.0. The molecule has 0 radical (unpaired) electrons. The van der Waals surface area contributed by atoms with E-state index in [4.69, 9.17) is 23.2 Å². The first-order valence-electron chi connectivity index (χ1n) is 7.12. The van der Waals surface area contributed by atoms with Crippen molar-refractivity contribution in [3.63, 3.8) is 0 Å². The van der Waals surface area contributed by atoms with Crippen molar-refractivity contribution < 1.29 is 9.32 Å². The molecule has 1 heterocycles. The van der Waals surface area contributed by atoms with Gasteiger partial charge >= 0.3 is 5.76 Å². The third kappa shape index (κ3) is 4.17. The molecule has 25 heavy (non-hydrogen) atoms. The highest BCUT2D eigenvalue weighted by atomic mass is 35.5. The van der Waals surface area contributed by atoms with Gasteiger partial charge in [-0.1, -0.05) is 52.6 Å². The number of aromatic amines is 1. The molecule has 0 fully saturated rings. The minimum atomic E-state index is -0.647. The second-order valence-electron chi connectivity index (χ2n) is 4.99. The Labute approximate surface area is 152 Å². The number of carbonyl (C=O) groups excluding carboxylic acids is 1. The Balaban J connectivity index is 1.74. The molecule has 0 unspecified atom stereocenters. The minimum Gasteiger partial charge on any atom is -0.322 e. The lowest BCUT2D eigenvalue weighted by Gasteiger charge is -2.04. The maximum Gasteiger partial charge on any atom is 0.439 e. The molecule has 0 aliphatic heterocycles. The van der Waals surface area contributed by atoms with Crippen molar-refractivity contribution in [2.24, 2.45) is 0 Å². The number of nitrogens with zero attached hydrogens (tertiary/aromatic N) is 1. The Hall–Kier alpha value is -2.83. The molecular weight excluding hydrogens is 365 g/mol. The van der Waals surface area contributed by atoms with Crippen LogP contribution in [-0.2, 0) is 4.79 Å². The zero-order valence-electron chi connectivity index (χ0n) is 12.6. The standard InChI is InChI=1S/C17H11Cl2N3O3/c18-13-6-2-3-10(15(13)19)7-8-14(23)20-12-5-1-4-11(9-12)16-21-17(24)25-22-16/h1-9H,(H,20,23)(H,21,22,24)/b8-7+. The third-order valence-electron chi connectivity index (χ3n) is 3.24. The fourth-order valence-electron chi connectivity index (χ4n) is 2.10. The number of aromatic nitrogens is 2. The number of H-pyrrole nitrogens is 1. The summed E-state index contributed by atoms with van der Waals surface area (Å²) in [6.07, 6.45) is 2.92. The summed E-state index contributed by atoms with van der Waals surface area (Å²) in [5, 5.41) is 7.11. The molecule has 1 aromatic heterocycles. The lowest BCUT2D eigenvalue weighted by Crippen LogP contribution is -2.07. The van der Waals surface area contributed by atoms with Crippen molar-refractivity contribution in [1.82, 2.24) is 10.1 Å². The Bertz CT molecular complexity index is 1010. The first-order chi connectivity index (χ1) is 12.0. The predicted molar refractivity (Wildman–Crippen MR) is 96.7 cm³/mol. The molecule has 0 aliphatic carbocycles. The molecule has 6 nitrogen and oxygen atoms in total. The van der Waals surface area contributed by atoms with Crippen LogP contribution in [0, 0.1) is 0 Å². The minimum absolute atomic E-state index is 0.280. The van der Waals surface area contributed by atoms with Crippen molar-refractivity contribution in [1.29, 1.82) is 0 Å². The van der Waals surface area contributed by atoms with E-state index in [-0.39, 0.29) is 11.7 Å². The number of amides is 1. The average Bonchev–Trinajstić information content (AvgIpc) is 3.03. The quantitative estimate of drug-likeness (QED) is 0.674.